The van der Waals surface area contributed by atoms with E-state index in [0.717, 1.165) is 32.4 Å². The molecule has 0 heterocycles. The zero-order valence-corrected chi connectivity index (χ0v) is 10.1. The van der Waals surface area contributed by atoms with Crippen molar-refractivity contribution in [2.24, 2.45) is 0 Å². The Hall–Kier alpha value is -0.120. The molecule has 0 aliphatic heterocycles. The number of hydrogen-bond acceptors (Lipinski definition) is 3. The Balaban J connectivity index is 4.10. The van der Waals surface area contributed by atoms with Crippen molar-refractivity contribution in [3.05, 3.63) is 0 Å². The summed E-state index contributed by atoms with van der Waals surface area (Å²) < 4.78 is 0. The second-order valence-corrected chi connectivity index (χ2v) is 3.80. The number of nitrogens with one attached hydrogen (secondary N) is 1. The standard InChI is InChI=1S/C11H26N2O/c1-5-8-13(9-6-2)11(7-3)12-10(4)14/h10-12,14H,5-9H2,1-4H3. The maximum Gasteiger partial charge on any atom is 0.103 e. The van der Waals surface area contributed by atoms with E-state index in [4.69, 9.17) is 0 Å². The number of aliphatic hydroxyl groups excluding tert-OH is 1. The summed E-state index contributed by atoms with van der Waals surface area (Å²) in [6.07, 6.45) is 3.26. The Morgan fingerprint density at radius 3 is 1.93 bits per heavy atom. The van der Waals surface area contributed by atoms with Crippen LogP contribution in [-0.4, -0.2) is 35.5 Å². The third-order valence-electron chi connectivity index (χ3n) is 2.28. The lowest BCUT2D eigenvalue weighted by Gasteiger charge is -2.32. The largest absolute Gasteiger partial charge is 0.379 e. The molecule has 0 saturated heterocycles. The van der Waals surface area contributed by atoms with Crippen LogP contribution in [0.25, 0.3) is 0 Å². The van der Waals surface area contributed by atoms with Crippen LogP contribution in [-0.2, 0) is 0 Å². The minimum absolute atomic E-state index is 0.315. The van der Waals surface area contributed by atoms with Crippen molar-refractivity contribution in [3.8, 4) is 0 Å². The molecule has 14 heavy (non-hydrogen) atoms. The van der Waals surface area contributed by atoms with Gasteiger partial charge in [-0.15, -0.1) is 0 Å². The average molecular weight is 202 g/mol. The predicted molar refractivity (Wildman–Crippen MR) is 61.1 cm³/mol. The minimum Gasteiger partial charge on any atom is -0.379 e. The van der Waals surface area contributed by atoms with E-state index in [1.54, 1.807) is 6.92 Å². The third-order valence-corrected chi connectivity index (χ3v) is 2.28. The van der Waals surface area contributed by atoms with Crippen molar-refractivity contribution in [2.75, 3.05) is 13.1 Å². The molecule has 0 saturated carbocycles. The molecule has 2 unspecified atom stereocenters. The van der Waals surface area contributed by atoms with Gasteiger partial charge in [0.05, 0.1) is 6.17 Å². The third kappa shape index (κ3) is 5.58. The molecule has 0 fully saturated rings. The van der Waals surface area contributed by atoms with E-state index in [1.807, 2.05) is 0 Å². The van der Waals surface area contributed by atoms with Crippen LogP contribution in [0.5, 0.6) is 0 Å². The highest BCUT2D eigenvalue weighted by molar-refractivity contribution is 4.68. The van der Waals surface area contributed by atoms with Gasteiger partial charge in [-0.1, -0.05) is 20.8 Å². The fraction of sp³-hybridized carbons (Fsp3) is 1.00. The lowest BCUT2D eigenvalue weighted by Crippen LogP contribution is -2.49. The lowest BCUT2D eigenvalue weighted by atomic mass is 10.2. The van der Waals surface area contributed by atoms with Crippen LogP contribution >= 0.6 is 0 Å². The number of aliphatic hydroxyl groups is 1. The molecule has 0 radical (unpaired) electrons. The van der Waals surface area contributed by atoms with Crippen molar-refractivity contribution in [2.45, 2.75) is 59.4 Å². The zero-order valence-electron chi connectivity index (χ0n) is 10.1. The highest BCUT2D eigenvalue weighted by Crippen LogP contribution is 2.04. The summed E-state index contributed by atoms with van der Waals surface area (Å²) in [4.78, 5) is 2.41. The quantitative estimate of drug-likeness (QED) is 0.589. The predicted octanol–water partition coefficient (Wildman–Crippen LogP) is 1.77. The van der Waals surface area contributed by atoms with Crippen LogP contribution in [0.1, 0.15) is 47.0 Å². The summed E-state index contributed by atoms with van der Waals surface area (Å²) in [7, 11) is 0. The normalized spacial score (nSPS) is 15.9. The topological polar surface area (TPSA) is 35.5 Å². The number of rotatable bonds is 8. The smallest absolute Gasteiger partial charge is 0.103 e. The Morgan fingerprint density at radius 1 is 1.14 bits per heavy atom. The average Bonchev–Trinajstić information content (AvgIpc) is 2.13. The van der Waals surface area contributed by atoms with Gasteiger partial charge in [0.25, 0.3) is 0 Å². The van der Waals surface area contributed by atoms with Crippen molar-refractivity contribution in [1.82, 2.24) is 10.2 Å². The van der Waals surface area contributed by atoms with E-state index in [-0.39, 0.29) is 0 Å². The first-order valence-electron chi connectivity index (χ1n) is 5.83. The Morgan fingerprint density at radius 2 is 1.64 bits per heavy atom. The Labute approximate surface area is 88.5 Å². The van der Waals surface area contributed by atoms with E-state index in [0.29, 0.717) is 6.17 Å². The fourth-order valence-electron chi connectivity index (χ4n) is 1.76. The maximum atomic E-state index is 9.30. The zero-order chi connectivity index (χ0) is 11.0. The van der Waals surface area contributed by atoms with E-state index < -0.39 is 6.23 Å². The molecule has 0 aromatic rings. The van der Waals surface area contributed by atoms with Gasteiger partial charge in [0, 0.05) is 0 Å². The van der Waals surface area contributed by atoms with Crippen LogP contribution in [0.15, 0.2) is 0 Å². The van der Waals surface area contributed by atoms with Crippen LogP contribution < -0.4 is 5.32 Å². The molecule has 2 atom stereocenters. The van der Waals surface area contributed by atoms with E-state index >= 15 is 0 Å². The fourth-order valence-corrected chi connectivity index (χ4v) is 1.76. The van der Waals surface area contributed by atoms with Crippen LogP contribution in [0.2, 0.25) is 0 Å². The van der Waals surface area contributed by atoms with Crippen molar-refractivity contribution in [1.29, 1.82) is 0 Å². The molecule has 2 N–H and O–H groups in total. The van der Waals surface area contributed by atoms with Gasteiger partial charge in [-0.25, -0.2) is 0 Å². The molecule has 0 aromatic carbocycles. The first-order chi connectivity index (χ1) is 6.65. The summed E-state index contributed by atoms with van der Waals surface area (Å²) in [5, 5.41) is 12.5. The summed E-state index contributed by atoms with van der Waals surface area (Å²) >= 11 is 0. The molecular weight excluding hydrogens is 176 g/mol. The van der Waals surface area contributed by atoms with Gasteiger partial charge < -0.3 is 5.11 Å². The van der Waals surface area contributed by atoms with Crippen molar-refractivity contribution < 1.29 is 5.11 Å². The molecule has 0 aliphatic rings. The van der Waals surface area contributed by atoms with Gasteiger partial charge in [0.2, 0.25) is 0 Å². The van der Waals surface area contributed by atoms with Crippen molar-refractivity contribution in [3.63, 3.8) is 0 Å². The Bertz CT molecular complexity index is 122. The summed E-state index contributed by atoms with van der Waals surface area (Å²) in [5.74, 6) is 0. The molecule has 3 nitrogen and oxygen atoms in total. The van der Waals surface area contributed by atoms with Gasteiger partial charge in [0.15, 0.2) is 0 Å². The van der Waals surface area contributed by atoms with Gasteiger partial charge in [-0.05, 0) is 39.3 Å². The molecule has 0 spiro atoms. The minimum atomic E-state index is -0.420. The summed E-state index contributed by atoms with van der Waals surface area (Å²) in [5.41, 5.74) is 0. The van der Waals surface area contributed by atoms with Gasteiger partial charge in [0.1, 0.15) is 6.23 Å². The SMILES string of the molecule is CCCN(CCC)C(CC)NC(C)O. The van der Waals surface area contributed by atoms with Crippen molar-refractivity contribution >= 4 is 0 Å². The first-order valence-corrected chi connectivity index (χ1v) is 5.83. The van der Waals surface area contributed by atoms with Crippen LogP contribution in [0.3, 0.4) is 0 Å². The van der Waals surface area contributed by atoms with Crippen LogP contribution in [0, 0.1) is 0 Å². The molecule has 0 bridgehead atoms. The molecular formula is C11H26N2O. The van der Waals surface area contributed by atoms with Crippen LogP contribution in [0.4, 0.5) is 0 Å². The molecule has 0 aliphatic carbocycles. The molecule has 86 valence electrons. The Kier molecular flexibility index (Phi) is 8.14. The van der Waals surface area contributed by atoms with E-state index in [9.17, 15) is 5.11 Å². The summed E-state index contributed by atoms with van der Waals surface area (Å²) in [6, 6.07) is 0. The molecule has 0 rings (SSSR count). The first kappa shape index (κ1) is 13.9. The van der Waals surface area contributed by atoms with Gasteiger partial charge >= 0.3 is 0 Å². The molecule has 0 amide bonds. The van der Waals surface area contributed by atoms with Gasteiger partial charge in [-0.2, -0.15) is 0 Å². The maximum absolute atomic E-state index is 9.30. The number of nitrogens with zero attached hydrogens (tertiary/aromatic N) is 1. The lowest BCUT2D eigenvalue weighted by molar-refractivity contribution is 0.0733. The highest BCUT2D eigenvalue weighted by Gasteiger charge is 2.15. The second kappa shape index (κ2) is 8.21. The number of hydrogen-bond donors (Lipinski definition) is 2. The van der Waals surface area contributed by atoms with Gasteiger partial charge in [-0.3, -0.25) is 10.2 Å². The monoisotopic (exact) mass is 202 g/mol. The van der Waals surface area contributed by atoms with E-state index in [2.05, 4.69) is 31.0 Å². The molecule has 3 heteroatoms. The molecule has 0 aromatic heterocycles. The second-order valence-electron chi connectivity index (χ2n) is 3.80. The van der Waals surface area contributed by atoms with E-state index in [1.165, 1.54) is 0 Å². The summed E-state index contributed by atoms with van der Waals surface area (Å²) in [6.45, 7) is 10.5. The highest BCUT2D eigenvalue weighted by atomic mass is 16.3.